The van der Waals surface area contributed by atoms with Crippen molar-refractivity contribution in [2.45, 2.75) is 25.3 Å². The zero-order chi connectivity index (χ0) is 13.2. The minimum atomic E-state index is 0.534. The summed E-state index contributed by atoms with van der Waals surface area (Å²) in [5.41, 5.74) is 2.97. The second-order valence-corrected chi connectivity index (χ2v) is 8.31. The zero-order valence-electron chi connectivity index (χ0n) is 10.5. The van der Waals surface area contributed by atoms with E-state index in [1.165, 1.54) is 37.1 Å². The number of hydrogen-bond acceptors (Lipinski definition) is 2. The Morgan fingerprint density at radius 1 is 1.21 bits per heavy atom. The molecule has 1 nitrogen and oxygen atoms in total. The minimum absolute atomic E-state index is 0.534. The molecule has 1 aliphatic carbocycles. The van der Waals surface area contributed by atoms with Crippen LogP contribution in [0.15, 0.2) is 38.6 Å². The van der Waals surface area contributed by atoms with Crippen LogP contribution in [0.3, 0.4) is 0 Å². The van der Waals surface area contributed by atoms with E-state index in [9.17, 15) is 0 Å². The molecular formula is C15H15Br2NS. The Hall–Kier alpha value is -0.160. The predicted molar refractivity (Wildman–Crippen MR) is 88.9 cm³/mol. The van der Waals surface area contributed by atoms with Gasteiger partial charge in [0.2, 0.25) is 0 Å². The van der Waals surface area contributed by atoms with Crippen molar-refractivity contribution in [2.75, 3.05) is 6.54 Å². The monoisotopic (exact) mass is 399 g/mol. The van der Waals surface area contributed by atoms with Crippen LogP contribution in [-0.2, 0) is 12.8 Å². The van der Waals surface area contributed by atoms with Gasteiger partial charge in [0.15, 0.2) is 0 Å². The van der Waals surface area contributed by atoms with Crippen LogP contribution in [0.2, 0.25) is 0 Å². The van der Waals surface area contributed by atoms with Crippen LogP contribution in [0, 0.1) is 0 Å². The minimum Gasteiger partial charge on any atom is -0.310 e. The number of rotatable bonds is 4. The van der Waals surface area contributed by atoms with Gasteiger partial charge in [-0.15, -0.1) is 11.3 Å². The lowest BCUT2D eigenvalue weighted by molar-refractivity contribution is 0.535. The van der Waals surface area contributed by atoms with E-state index in [4.69, 9.17) is 0 Å². The Balaban J connectivity index is 1.58. The molecule has 0 radical (unpaired) electrons. The largest absolute Gasteiger partial charge is 0.310 e. The van der Waals surface area contributed by atoms with E-state index in [1.54, 1.807) is 0 Å². The highest BCUT2D eigenvalue weighted by atomic mass is 79.9. The molecule has 1 unspecified atom stereocenters. The molecule has 1 heterocycles. The summed E-state index contributed by atoms with van der Waals surface area (Å²) < 4.78 is 2.41. The second kappa shape index (κ2) is 6.08. The lowest BCUT2D eigenvalue weighted by Gasteiger charge is -2.13. The summed E-state index contributed by atoms with van der Waals surface area (Å²) in [5, 5.41) is 3.69. The van der Waals surface area contributed by atoms with Gasteiger partial charge in [-0.3, -0.25) is 0 Å². The molecule has 0 saturated carbocycles. The second-order valence-electron chi connectivity index (χ2n) is 4.84. The molecule has 1 aromatic carbocycles. The van der Waals surface area contributed by atoms with E-state index < -0.39 is 0 Å². The number of aryl methyl sites for hydroxylation is 1. The molecule has 0 amide bonds. The highest BCUT2D eigenvalue weighted by molar-refractivity contribution is 9.11. The fourth-order valence-corrected chi connectivity index (χ4v) is 4.55. The molecule has 19 heavy (non-hydrogen) atoms. The molecule has 3 rings (SSSR count). The van der Waals surface area contributed by atoms with Crippen molar-refractivity contribution < 1.29 is 0 Å². The van der Waals surface area contributed by atoms with Crippen LogP contribution in [0.1, 0.15) is 28.5 Å². The molecule has 0 saturated heterocycles. The molecule has 1 N–H and O–H groups in total. The van der Waals surface area contributed by atoms with Gasteiger partial charge in [-0.2, -0.15) is 0 Å². The fraction of sp³-hybridized carbons (Fsp3) is 0.333. The van der Waals surface area contributed by atoms with E-state index in [2.05, 4.69) is 67.5 Å². The van der Waals surface area contributed by atoms with Crippen LogP contribution in [-0.4, -0.2) is 6.54 Å². The number of hydrogen-bond donors (Lipinski definition) is 1. The van der Waals surface area contributed by atoms with E-state index >= 15 is 0 Å². The molecule has 4 heteroatoms. The molecule has 0 fully saturated rings. The summed E-state index contributed by atoms with van der Waals surface area (Å²) in [4.78, 5) is 1.44. The fourth-order valence-electron chi connectivity index (χ4n) is 2.65. The number of nitrogens with one attached hydrogen (secondary N) is 1. The molecule has 100 valence electrons. The first kappa shape index (κ1) is 13.8. The normalized spacial score (nSPS) is 17.7. The van der Waals surface area contributed by atoms with Gasteiger partial charge in [-0.05, 0) is 70.6 Å². The van der Waals surface area contributed by atoms with Crippen LogP contribution < -0.4 is 5.32 Å². The van der Waals surface area contributed by atoms with Gasteiger partial charge < -0.3 is 5.32 Å². The Labute approximate surface area is 134 Å². The smallest absolute Gasteiger partial charge is 0.0701 e. The van der Waals surface area contributed by atoms with Crippen molar-refractivity contribution in [1.29, 1.82) is 0 Å². The summed E-state index contributed by atoms with van der Waals surface area (Å²) in [6.07, 6.45) is 3.52. The van der Waals surface area contributed by atoms with Crippen LogP contribution >= 0.6 is 43.2 Å². The number of thiophene rings is 1. The number of benzene rings is 1. The molecule has 1 aromatic heterocycles. The molecule has 0 aliphatic heterocycles. The van der Waals surface area contributed by atoms with Gasteiger partial charge >= 0.3 is 0 Å². The quantitative estimate of drug-likeness (QED) is 0.753. The first-order valence-electron chi connectivity index (χ1n) is 6.48. The SMILES string of the molecule is Brc1ccc2c(c1)CCC2NCCc1ccc(Br)s1. The summed E-state index contributed by atoms with van der Waals surface area (Å²) in [5.74, 6) is 0. The zero-order valence-corrected chi connectivity index (χ0v) is 14.4. The highest BCUT2D eigenvalue weighted by Crippen LogP contribution is 2.33. The Bertz CT molecular complexity index is 579. The van der Waals surface area contributed by atoms with Crippen molar-refractivity contribution in [3.8, 4) is 0 Å². The number of halogens is 2. The van der Waals surface area contributed by atoms with Crippen molar-refractivity contribution >= 4 is 43.2 Å². The third kappa shape index (κ3) is 3.30. The van der Waals surface area contributed by atoms with E-state index in [0.717, 1.165) is 13.0 Å². The summed E-state index contributed by atoms with van der Waals surface area (Å²) >= 11 is 8.89. The first-order chi connectivity index (χ1) is 9.22. The van der Waals surface area contributed by atoms with Crippen molar-refractivity contribution in [3.63, 3.8) is 0 Å². The maximum Gasteiger partial charge on any atom is 0.0701 e. The van der Waals surface area contributed by atoms with Gasteiger partial charge in [0, 0.05) is 21.9 Å². The van der Waals surface area contributed by atoms with E-state index in [0.29, 0.717) is 6.04 Å². The molecule has 1 atom stereocenters. The van der Waals surface area contributed by atoms with E-state index in [-0.39, 0.29) is 0 Å². The third-order valence-electron chi connectivity index (χ3n) is 3.57. The van der Waals surface area contributed by atoms with Crippen LogP contribution in [0.5, 0.6) is 0 Å². The van der Waals surface area contributed by atoms with Gasteiger partial charge in [0.05, 0.1) is 3.79 Å². The lowest BCUT2D eigenvalue weighted by Crippen LogP contribution is -2.21. The molecule has 0 bridgehead atoms. The Morgan fingerprint density at radius 3 is 2.89 bits per heavy atom. The van der Waals surface area contributed by atoms with Crippen molar-refractivity contribution in [1.82, 2.24) is 5.32 Å². The third-order valence-corrected chi connectivity index (χ3v) is 5.75. The average Bonchev–Trinajstić information content (AvgIpc) is 2.96. The maximum absolute atomic E-state index is 3.69. The van der Waals surface area contributed by atoms with E-state index in [1.807, 2.05) is 11.3 Å². The topological polar surface area (TPSA) is 12.0 Å². The Kier molecular flexibility index (Phi) is 4.42. The van der Waals surface area contributed by atoms with Crippen LogP contribution in [0.25, 0.3) is 0 Å². The summed E-state index contributed by atoms with van der Waals surface area (Å²) in [6, 6.07) is 11.5. The first-order valence-corrected chi connectivity index (χ1v) is 8.88. The molecule has 0 spiro atoms. The van der Waals surface area contributed by atoms with Crippen molar-refractivity contribution in [2.24, 2.45) is 0 Å². The summed E-state index contributed by atoms with van der Waals surface area (Å²) in [6.45, 7) is 1.05. The van der Waals surface area contributed by atoms with Crippen LogP contribution in [0.4, 0.5) is 0 Å². The van der Waals surface area contributed by atoms with Gasteiger partial charge in [-0.1, -0.05) is 22.0 Å². The molecule has 2 aromatic rings. The van der Waals surface area contributed by atoms with Crippen molar-refractivity contribution in [3.05, 3.63) is 54.6 Å². The molecule has 1 aliphatic rings. The maximum atomic E-state index is 3.69. The molecular weight excluding hydrogens is 386 g/mol. The average molecular weight is 401 g/mol. The van der Waals surface area contributed by atoms with Gasteiger partial charge in [0.1, 0.15) is 0 Å². The van der Waals surface area contributed by atoms with Gasteiger partial charge in [0.25, 0.3) is 0 Å². The Morgan fingerprint density at radius 2 is 2.11 bits per heavy atom. The predicted octanol–water partition coefficient (Wildman–Crippen LogP) is 5.09. The highest BCUT2D eigenvalue weighted by Gasteiger charge is 2.21. The number of fused-ring (bicyclic) bond motifs is 1. The van der Waals surface area contributed by atoms with Gasteiger partial charge in [-0.25, -0.2) is 0 Å². The standard InChI is InChI=1S/C15H15Br2NS/c16-11-2-4-13-10(9-11)1-5-14(13)18-8-7-12-3-6-15(17)19-12/h2-4,6,9,14,18H,1,5,7-8H2. The lowest BCUT2D eigenvalue weighted by atomic mass is 10.1. The summed E-state index contributed by atoms with van der Waals surface area (Å²) in [7, 11) is 0.